The Morgan fingerprint density at radius 1 is 1.15 bits per heavy atom. The van der Waals surface area contributed by atoms with Crippen LogP contribution in [-0.2, 0) is 14.6 Å². The lowest BCUT2D eigenvalue weighted by Gasteiger charge is -2.04. The molecule has 2 aromatic carbocycles. The molecule has 0 unspecified atom stereocenters. The van der Waals surface area contributed by atoms with Crippen LogP contribution in [0.1, 0.15) is 12.8 Å². The SMILES string of the molecule is COc1cccc2sc(NC(=O)CCCS(=O)(=O)c3ccccc3)nc12. The normalized spacial score (nSPS) is 11.4. The molecule has 0 aliphatic heterocycles. The Hall–Kier alpha value is -2.45. The zero-order valence-electron chi connectivity index (χ0n) is 14.1. The molecule has 26 heavy (non-hydrogen) atoms. The number of para-hydroxylation sites is 1. The van der Waals surface area contributed by atoms with Crippen LogP contribution >= 0.6 is 11.3 Å². The van der Waals surface area contributed by atoms with Gasteiger partial charge in [0.15, 0.2) is 15.0 Å². The molecule has 0 bridgehead atoms. The minimum atomic E-state index is -3.37. The minimum absolute atomic E-state index is 0.0713. The highest BCUT2D eigenvalue weighted by atomic mass is 32.2. The molecule has 3 aromatic rings. The Morgan fingerprint density at radius 2 is 1.92 bits per heavy atom. The summed E-state index contributed by atoms with van der Waals surface area (Å²) in [5.74, 6) is 0.317. The third-order valence-electron chi connectivity index (χ3n) is 3.77. The highest BCUT2D eigenvalue weighted by Crippen LogP contribution is 2.32. The van der Waals surface area contributed by atoms with Gasteiger partial charge in [0, 0.05) is 6.42 Å². The average Bonchev–Trinajstić information content (AvgIpc) is 3.04. The average molecular weight is 390 g/mol. The lowest BCUT2D eigenvalue weighted by molar-refractivity contribution is -0.116. The molecular weight excluding hydrogens is 372 g/mol. The van der Waals surface area contributed by atoms with Gasteiger partial charge in [-0.05, 0) is 30.7 Å². The smallest absolute Gasteiger partial charge is 0.226 e. The van der Waals surface area contributed by atoms with Crippen molar-refractivity contribution in [1.29, 1.82) is 0 Å². The van der Waals surface area contributed by atoms with E-state index in [9.17, 15) is 13.2 Å². The van der Waals surface area contributed by atoms with Crippen molar-refractivity contribution in [2.24, 2.45) is 0 Å². The van der Waals surface area contributed by atoms with E-state index in [1.165, 1.54) is 11.3 Å². The Labute approximate surface area is 155 Å². The van der Waals surface area contributed by atoms with E-state index in [0.29, 0.717) is 16.4 Å². The van der Waals surface area contributed by atoms with Crippen LogP contribution in [0, 0.1) is 0 Å². The van der Waals surface area contributed by atoms with Crippen molar-refractivity contribution >= 4 is 42.4 Å². The molecule has 0 fully saturated rings. The molecule has 0 atom stereocenters. The van der Waals surface area contributed by atoms with Gasteiger partial charge in [-0.3, -0.25) is 4.79 Å². The van der Waals surface area contributed by atoms with Gasteiger partial charge >= 0.3 is 0 Å². The monoisotopic (exact) mass is 390 g/mol. The van der Waals surface area contributed by atoms with Crippen LogP contribution in [0.4, 0.5) is 5.13 Å². The predicted molar refractivity (Wildman–Crippen MR) is 103 cm³/mol. The fraction of sp³-hybridized carbons (Fsp3) is 0.222. The summed E-state index contributed by atoms with van der Waals surface area (Å²) in [6, 6.07) is 13.8. The molecular formula is C18H18N2O4S2. The van der Waals surface area contributed by atoms with Gasteiger partial charge in [0.25, 0.3) is 0 Å². The number of carbonyl (C=O) groups excluding carboxylic acids is 1. The van der Waals surface area contributed by atoms with Crippen molar-refractivity contribution < 1.29 is 17.9 Å². The predicted octanol–water partition coefficient (Wildman–Crippen LogP) is 3.50. The number of hydrogen-bond donors (Lipinski definition) is 1. The summed E-state index contributed by atoms with van der Waals surface area (Å²) in [7, 11) is -1.80. The van der Waals surface area contributed by atoms with Gasteiger partial charge in [-0.25, -0.2) is 13.4 Å². The summed E-state index contributed by atoms with van der Waals surface area (Å²) in [4.78, 5) is 16.7. The number of fused-ring (bicyclic) bond motifs is 1. The summed E-state index contributed by atoms with van der Waals surface area (Å²) in [6.07, 6.45) is 0.358. The van der Waals surface area contributed by atoms with Crippen molar-refractivity contribution in [2.45, 2.75) is 17.7 Å². The number of nitrogens with one attached hydrogen (secondary N) is 1. The van der Waals surface area contributed by atoms with Gasteiger partial charge in [0.1, 0.15) is 11.3 Å². The number of benzene rings is 2. The van der Waals surface area contributed by atoms with Gasteiger partial charge in [-0.15, -0.1) is 0 Å². The Kier molecular flexibility index (Phi) is 5.53. The van der Waals surface area contributed by atoms with Crippen molar-refractivity contribution in [3.05, 3.63) is 48.5 Å². The van der Waals surface area contributed by atoms with E-state index >= 15 is 0 Å². The van der Waals surface area contributed by atoms with Gasteiger partial charge in [-0.2, -0.15) is 0 Å². The molecule has 1 heterocycles. The molecule has 0 radical (unpaired) electrons. The van der Waals surface area contributed by atoms with Gasteiger partial charge in [0.05, 0.1) is 22.5 Å². The van der Waals surface area contributed by atoms with Crippen LogP contribution in [0.15, 0.2) is 53.4 Å². The molecule has 0 aliphatic rings. The van der Waals surface area contributed by atoms with Crippen LogP contribution in [0.3, 0.4) is 0 Å². The first kappa shape index (κ1) is 18.3. The zero-order chi connectivity index (χ0) is 18.6. The maximum absolute atomic E-state index is 12.2. The number of anilines is 1. The molecule has 1 aromatic heterocycles. The number of methoxy groups -OCH3 is 1. The molecule has 136 valence electrons. The van der Waals surface area contributed by atoms with Crippen molar-refractivity contribution in [1.82, 2.24) is 4.98 Å². The van der Waals surface area contributed by atoms with Gasteiger partial charge < -0.3 is 10.1 Å². The quantitative estimate of drug-likeness (QED) is 0.667. The van der Waals surface area contributed by atoms with E-state index in [2.05, 4.69) is 10.3 Å². The van der Waals surface area contributed by atoms with Crippen LogP contribution in [0.2, 0.25) is 0 Å². The maximum atomic E-state index is 12.2. The first-order valence-corrected chi connectivity index (χ1v) is 10.5. The topological polar surface area (TPSA) is 85.4 Å². The Balaban J connectivity index is 1.58. The summed E-state index contributed by atoms with van der Waals surface area (Å²) in [6.45, 7) is 0. The summed E-state index contributed by atoms with van der Waals surface area (Å²) in [5.41, 5.74) is 0.696. The molecule has 0 saturated carbocycles. The highest BCUT2D eigenvalue weighted by Gasteiger charge is 2.15. The number of ether oxygens (including phenoxy) is 1. The molecule has 0 saturated heterocycles. The Morgan fingerprint density at radius 3 is 2.65 bits per heavy atom. The number of hydrogen-bond acceptors (Lipinski definition) is 6. The Bertz CT molecular complexity index is 1010. The first-order valence-electron chi connectivity index (χ1n) is 8.01. The number of nitrogens with zero attached hydrogens (tertiary/aromatic N) is 1. The van der Waals surface area contributed by atoms with Crippen LogP contribution in [0.25, 0.3) is 10.2 Å². The number of sulfone groups is 1. The van der Waals surface area contributed by atoms with E-state index in [0.717, 1.165) is 4.70 Å². The van der Waals surface area contributed by atoms with Crippen molar-refractivity contribution in [2.75, 3.05) is 18.2 Å². The number of amides is 1. The standard InChI is InChI=1S/C18H18N2O4S2/c1-24-14-9-5-10-15-17(14)20-18(25-15)19-16(21)11-6-12-26(22,23)13-7-3-2-4-8-13/h2-5,7-10H,6,11-12H2,1H3,(H,19,20,21). The van der Waals surface area contributed by atoms with E-state index < -0.39 is 9.84 Å². The largest absolute Gasteiger partial charge is 0.494 e. The van der Waals surface area contributed by atoms with Crippen LogP contribution in [-0.4, -0.2) is 32.2 Å². The number of rotatable bonds is 7. The molecule has 1 amide bonds. The zero-order valence-corrected chi connectivity index (χ0v) is 15.8. The lowest BCUT2D eigenvalue weighted by atomic mass is 10.3. The fourth-order valence-corrected chi connectivity index (χ4v) is 4.72. The second-order valence-corrected chi connectivity index (χ2v) is 8.75. The number of aromatic nitrogens is 1. The van der Waals surface area contributed by atoms with E-state index in [1.54, 1.807) is 37.4 Å². The maximum Gasteiger partial charge on any atom is 0.226 e. The number of thiazole rings is 1. The second kappa shape index (κ2) is 7.84. The molecule has 0 spiro atoms. The molecule has 8 heteroatoms. The van der Waals surface area contributed by atoms with E-state index in [4.69, 9.17) is 4.74 Å². The first-order chi connectivity index (χ1) is 12.5. The van der Waals surface area contributed by atoms with Crippen molar-refractivity contribution in [3.63, 3.8) is 0 Å². The molecule has 0 aliphatic carbocycles. The fourth-order valence-electron chi connectivity index (χ4n) is 2.49. The van der Waals surface area contributed by atoms with E-state index in [-0.39, 0.29) is 29.4 Å². The number of carbonyl (C=O) groups is 1. The molecule has 3 rings (SSSR count). The minimum Gasteiger partial charge on any atom is -0.494 e. The second-order valence-electron chi connectivity index (χ2n) is 5.61. The molecule has 6 nitrogen and oxygen atoms in total. The lowest BCUT2D eigenvalue weighted by Crippen LogP contribution is -2.14. The van der Waals surface area contributed by atoms with Gasteiger partial charge in [0.2, 0.25) is 5.91 Å². The van der Waals surface area contributed by atoms with Gasteiger partial charge in [-0.1, -0.05) is 35.6 Å². The summed E-state index contributed by atoms with van der Waals surface area (Å²) < 4.78 is 30.6. The third kappa shape index (κ3) is 4.20. The third-order valence-corrected chi connectivity index (χ3v) is 6.52. The van der Waals surface area contributed by atoms with Crippen LogP contribution in [0.5, 0.6) is 5.75 Å². The van der Waals surface area contributed by atoms with Crippen molar-refractivity contribution in [3.8, 4) is 5.75 Å². The molecule has 1 N–H and O–H groups in total. The van der Waals surface area contributed by atoms with E-state index in [1.807, 2.05) is 18.2 Å². The van der Waals surface area contributed by atoms with Crippen LogP contribution < -0.4 is 10.1 Å². The highest BCUT2D eigenvalue weighted by molar-refractivity contribution is 7.91. The summed E-state index contributed by atoms with van der Waals surface area (Å²) >= 11 is 1.35. The summed E-state index contributed by atoms with van der Waals surface area (Å²) in [5, 5.41) is 3.20.